The highest BCUT2D eigenvalue weighted by atomic mass is 16.1. The molecule has 1 heterocycles. The van der Waals surface area contributed by atoms with E-state index >= 15 is 0 Å². The molecule has 1 N–H and O–H groups in total. The minimum Gasteiger partial charge on any atom is -0.333 e. The van der Waals surface area contributed by atoms with Crippen LogP contribution in [-0.2, 0) is 4.79 Å². The Bertz CT molecular complexity index is 332. The van der Waals surface area contributed by atoms with Crippen molar-refractivity contribution >= 4 is 5.91 Å². The van der Waals surface area contributed by atoms with Gasteiger partial charge >= 0.3 is 0 Å². The van der Waals surface area contributed by atoms with Crippen molar-refractivity contribution in [2.75, 3.05) is 0 Å². The van der Waals surface area contributed by atoms with Crippen molar-refractivity contribution in [2.24, 2.45) is 23.7 Å². The highest BCUT2D eigenvalue weighted by molar-refractivity contribution is 5.77. The van der Waals surface area contributed by atoms with E-state index in [9.17, 15) is 4.79 Å². The summed E-state index contributed by atoms with van der Waals surface area (Å²) in [5.74, 6) is 2.89. The molecule has 0 fully saturated rings. The maximum Gasteiger partial charge on any atom is 0.223 e. The van der Waals surface area contributed by atoms with Gasteiger partial charge in [-0.3, -0.25) is 4.79 Å². The molecule has 2 heteroatoms. The molecular formula is C18H33NO. The van der Waals surface area contributed by atoms with E-state index in [2.05, 4.69) is 39.9 Å². The summed E-state index contributed by atoms with van der Waals surface area (Å²) >= 11 is 0. The Balaban J connectivity index is 2.88. The minimum absolute atomic E-state index is 0.186. The van der Waals surface area contributed by atoms with Crippen LogP contribution in [0, 0.1) is 23.7 Å². The van der Waals surface area contributed by atoms with Gasteiger partial charge in [0.15, 0.2) is 0 Å². The summed E-state index contributed by atoms with van der Waals surface area (Å²) in [5, 5.41) is 3.00. The van der Waals surface area contributed by atoms with Gasteiger partial charge in [0.05, 0.1) is 0 Å². The van der Waals surface area contributed by atoms with Crippen molar-refractivity contribution < 1.29 is 4.79 Å². The van der Waals surface area contributed by atoms with Gasteiger partial charge < -0.3 is 5.32 Å². The average Bonchev–Trinajstić information content (AvgIpc) is 2.44. The number of allylic oxidation sites excluding steroid dienone is 1. The molecule has 1 amide bonds. The fraction of sp³-hybridized carbons (Fsp3) is 0.833. The molecule has 20 heavy (non-hydrogen) atoms. The molecule has 0 aromatic rings. The SMILES string of the molecule is CCC1C/C(C(C)C)=C\NC(=O)CCC(C(C)CC)C1. The van der Waals surface area contributed by atoms with Gasteiger partial charge in [-0.1, -0.05) is 53.0 Å². The van der Waals surface area contributed by atoms with Crippen molar-refractivity contribution in [3.05, 3.63) is 11.8 Å². The van der Waals surface area contributed by atoms with Gasteiger partial charge in [0.25, 0.3) is 0 Å². The van der Waals surface area contributed by atoms with Crippen LogP contribution in [0.2, 0.25) is 0 Å². The molecule has 1 rings (SSSR count). The Labute approximate surface area is 125 Å². The quantitative estimate of drug-likeness (QED) is 0.778. The Hall–Kier alpha value is -0.790. The van der Waals surface area contributed by atoms with Crippen molar-refractivity contribution in [1.29, 1.82) is 0 Å². The summed E-state index contributed by atoms with van der Waals surface area (Å²) in [4.78, 5) is 11.9. The van der Waals surface area contributed by atoms with Gasteiger partial charge in [-0.05, 0) is 42.9 Å². The van der Waals surface area contributed by atoms with Crippen LogP contribution in [0.1, 0.15) is 73.1 Å². The standard InChI is InChI=1S/C18H33NO/c1-6-14(5)16-8-9-18(20)19-12-17(13(3)4)11-15(7-2)10-16/h12-16H,6-11H2,1-5H3,(H,19,20)/b17-12+. The molecular weight excluding hydrogens is 246 g/mol. The third-order valence-corrected chi connectivity index (χ3v) is 5.09. The zero-order chi connectivity index (χ0) is 15.1. The second-order valence-corrected chi connectivity index (χ2v) is 6.84. The van der Waals surface area contributed by atoms with E-state index in [-0.39, 0.29) is 5.91 Å². The van der Waals surface area contributed by atoms with Gasteiger partial charge in [-0.25, -0.2) is 0 Å². The van der Waals surface area contributed by atoms with E-state index < -0.39 is 0 Å². The maximum absolute atomic E-state index is 11.9. The number of hydrogen-bond acceptors (Lipinski definition) is 1. The minimum atomic E-state index is 0.186. The largest absolute Gasteiger partial charge is 0.333 e. The molecule has 0 aromatic carbocycles. The summed E-state index contributed by atoms with van der Waals surface area (Å²) < 4.78 is 0. The maximum atomic E-state index is 11.9. The highest BCUT2D eigenvalue weighted by Gasteiger charge is 2.23. The molecule has 0 aromatic heterocycles. The lowest BCUT2D eigenvalue weighted by atomic mass is 9.77. The van der Waals surface area contributed by atoms with Gasteiger partial charge in [-0.2, -0.15) is 0 Å². The summed E-state index contributed by atoms with van der Waals surface area (Å²) in [6.45, 7) is 11.4. The molecule has 3 unspecified atom stereocenters. The van der Waals surface area contributed by atoms with Crippen molar-refractivity contribution in [1.82, 2.24) is 5.32 Å². The second-order valence-electron chi connectivity index (χ2n) is 6.84. The van der Waals surface area contributed by atoms with Gasteiger partial charge in [0, 0.05) is 12.6 Å². The van der Waals surface area contributed by atoms with Crippen LogP contribution in [0.5, 0.6) is 0 Å². The van der Waals surface area contributed by atoms with Gasteiger partial charge in [0.2, 0.25) is 5.91 Å². The predicted molar refractivity (Wildman–Crippen MR) is 86.3 cm³/mol. The fourth-order valence-corrected chi connectivity index (χ4v) is 3.15. The number of rotatable bonds is 4. The van der Waals surface area contributed by atoms with Crippen LogP contribution in [0.3, 0.4) is 0 Å². The van der Waals surface area contributed by atoms with Crippen molar-refractivity contribution in [3.8, 4) is 0 Å². The highest BCUT2D eigenvalue weighted by Crippen LogP contribution is 2.33. The molecule has 1 aliphatic heterocycles. The van der Waals surface area contributed by atoms with E-state index in [0.29, 0.717) is 18.3 Å². The molecule has 1 aliphatic rings. The van der Waals surface area contributed by atoms with E-state index in [1.54, 1.807) is 0 Å². The number of amides is 1. The van der Waals surface area contributed by atoms with Crippen LogP contribution < -0.4 is 5.32 Å². The lowest BCUT2D eigenvalue weighted by molar-refractivity contribution is -0.120. The molecule has 0 aliphatic carbocycles. The second kappa shape index (κ2) is 8.49. The first-order valence-corrected chi connectivity index (χ1v) is 8.46. The Kier molecular flexibility index (Phi) is 7.32. The van der Waals surface area contributed by atoms with Crippen LogP contribution in [0.15, 0.2) is 11.8 Å². The third-order valence-electron chi connectivity index (χ3n) is 5.09. The molecule has 2 nitrogen and oxygen atoms in total. The first kappa shape index (κ1) is 17.3. The van der Waals surface area contributed by atoms with E-state index in [1.165, 1.54) is 24.8 Å². The lowest BCUT2D eigenvalue weighted by Crippen LogP contribution is -2.24. The summed E-state index contributed by atoms with van der Waals surface area (Å²) in [5.41, 5.74) is 1.40. The summed E-state index contributed by atoms with van der Waals surface area (Å²) in [6.07, 6.45) is 8.58. The van der Waals surface area contributed by atoms with Gasteiger partial charge in [0.1, 0.15) is 0 Å². The molecule has 0 bridgehead atoms. The monoisotopic (exact) mass is 279 g/mol. The zero-order valence-electron chi connectivity index (χ0n) is 14.0. The molecule has 0 radical (unpaired) electrons. The Morgan fingerprint density at radius 1 is 1.30 bits per heavy atom. The van der Waals surface area contributed by atoms with Crippen molar-refractivity contribution in [2.45, 2.75) is 73.1 Å². The molecule has 0 spiro atoms. The molecule has 0 saturated heterocycles. The fourth-order valence-electron chi connectivity index (χ4n) is 3.15. The summed E-state index contributed by atoms with van der Waals surface area (Å²) in [6, 6.07) is 0. The first-order chi connectivity index (χ1) is 9.47. The molecule has 116 valence electrons. The van der Waals surface area contributed by atoms with E-state index in [1.807, 2.05) is 6.20 Å². The topological polar surface area (TPSA) is 29.1 Å². The third kappa shape index (κ3) is 5.30. The van der Waals surface area contributed by atoms with Crippen LogP contribution in [-0.4, -0.2) is 5.91 Å². The Morgan fingerprint density at radius 2 is 2.00 bits per heavy atom. The van der Waals surface area contributed by atoms with E-state index in [0.717, 1.165) is 24.7 Å². The lowest BCUT2D eigenvalue weighted by Gasteiger charge is -2.29. The van der Waals surface area contributed by atoms with E-state index in [4.69, 9.17) is 0 Å². The number of hydrogen-bond donors (Lipinski definition) is 1. The predicted octanol–water partition coefficient (Wildman–Crippen LogP) is 4.91. The number of carbonyl (C=O) groups is 1. The van der Waals surface area contributed by atoms with Crippen LogP contribution in [0.25, 0.3) is 0 Å². The normalized spacial score (nSPS) is 29.5. The molecule has 3 atom stereocenters. The van der Waals surface area contributed by atoms with Crippen LogP contribution >= 0.6 is 0 Å². The first-order valence-electron chi connectivity index (χ1n) is 8.46. The van der Waals surface area contributed by atoms with Crippen molar-refractivity contribution in [3.63, 3.8) is 0 Å². The van der Waals surface area contributed by atoms with Gasteiger partial charge in [-0.15, -0.1) is 0 Å². The Morgan fingerprint density at radius 3 is 2.55 bits per heavy atom. The zero-order valence-corrected chi connectivity index (χ0v) is 14.0. The average molecular weight is 279 g/mol. The van der Waals surface area contributed by atoms with Crippen LogP contribution in [0.4, 0.5) is 0 Å². The molecule has 0 saturated carbocycles. The summed E-state index contributed by atoms with van der Waals surface area (Å²) in [7, 11) is 0. The number of carbonyl (C=O) groups excluding carboxylic acids is 1. The smallest absolute Gasteiger partial charge is 0.223 e. The number of nitrogens with one attached hydrogen (secondary N) is 1.